The number of carbonyl (C=O) groups excluding carboxylic acids is 2. The first-order valence-corrected chi connectivity index (χ1v) is 11.3. The summed E-state index contributed by atoms with van der Waals surface area (Å²) in [5.41, 5.74) is 1.31. The van der Waals surface area contributed by atoms with Crippen molar-refractivity contribution in [1.82, 2.24) is 10.6 Å². The largest absolute Gasteiger partial charge is 0.389 e. The molecule has 2 aliphatic rings. The van der Waals surface area contributed by atoms with Gasteiger partial charge in [-0.05, 0) is 36.3 Å². The van der Waals surface area contributed by atoms with Gasteiger partial charge in [0.25, 0.3) is 0 Å². The first kappa shape index (κ1) is 22.8. The molecule has 6 heteroatoms. The van der Waals surface area contributed by atoms with Crippen LogP contribution in [0, 0.1) is 5.92 Å². The maximum absolute atomic E-state index is 12.7. The highest BCUT2D eigenvalue weighted by Crippen LogP contribution is 2.30. The van der Waals surface area contributed by atoms with Crippen LogP contribution < -0.4 is 10.6 Å². The Bertz CT molecular complexity index is 704. The predicted molar refractivity (Wildman–Crippen MR) is 116 cm³/mol. The summed E-state index contributed by atoms with van der Waals surface area (Å²) < 4.78 is 5.34. The SMILES string of the molecule is CC(C)c1ccc(C(CNC(=O)CC2(O)CCCCC2)NC(=O)C2CCOC2)cc1. The van der Waals surface area contributed by atoms with Crippen molar-refractivity contribution >= 4 is 11.8 Å². The molecule has 0 aromatic heterocycles. The minimum Gasteiger partial charge on any atom is -0.389 e. The standard InChI is InChI=1S/C24H36N2O4/c1-17(2)18-6-8-19(9-7-18)21(26-23(28)20-10-13-30-16-20)15-25-22(27)14-24(29)11-4-3-5-12-24/h6-9,17,20-21,29H,3-5,10-16H2,1-2H3,(H,25,27)(H,26,28). The first-order chi connectivity index (χ1) is 14.4. The summed E-state index contributed by atoms with van der Waals surface area (Å²) in [5, 5.41) is 16.7. The molecule has 0 spiro atoms. The van der Waals surface area contributed by atoms with E-state index in [2.05, 4.69) is 36.6 Å². The maximum Gasteiger partial charge on any atom is 0.226 e. The van der Waals surface area contributed by atoms with Crippen LogP contribution in [0.5, 0.6) is 0 Å². The second-order valence-electron chi connectivity index (χ2n) is 9.21. The van der Waals surface area contributed by atoms with Crippen LogP contribution in [0.15, 0.2) is 24.3 Å². The van der Waals surface area contributed by atoms with Crippen molar-refractivity contribution in [2.45, 2.75) is 76.4 Å². The molecular weight excluding hydrogens is 380 g/mol. The minimum atomic E-state index is -0.888. The van der Waals surface area contributed by atoms with E-state index in [0.29, 0.717) is 38.5 Å². The molecule has 0 radical (unpaired) electrons. The molecule has 2 unspecified atom stereocenters. The number of hydrogen-bond acceptors (Lipinski definition) is 4. The topological polar surface area (TPSA) is 87.7 Å². The molecule has 3 N–H and O–H groups in total. The summed E-state index contributed by atoms with van der Waals surface area (Å²) in [5.74, 6) is 0.0898. The van der Waals surface area contributed by atoms with E-state index in [1.54, 1.807) is 0 Å². The molecule has 2 atom stereocenters. The lowest BCUT2D eigenvalue weighted by molar-refractivity contribution is -0.129. The molecule has 0 bridgehead atoms. The van der Waals surface area contributed by atoms with E-state index in [4.69, 9.17) is 4.74 Å². The zero-order valence-corrected chi connectivity index (χ0v) is 18.3. The Labute approximate surface area is 179 Å². The van der Waals surface area contributed by atoms with Crippen molar-refractivity contribution in [2.24, 2.45) is 5.92 Å². The smallest absolute Gasteiger partial charge is 0.226 e. The zero-order chi connectivity index (χ0) is 21.6. The van der Waals surface area contributed by atoms with E-state index >= 15 is 0 Å². The number of nitrogens with one attached hydrogen (secondary N) is 2. The summed E-state index contributed by atoms with van der Waals surface area (Å²) >= 11 is 0. The Hall–Kier alpha value is -1.92. The number of aliphatic hydroxyl groups is 1. The van der Waals surface area contributed by atoms with Gasteiger partial charge in [0.2, 0.25) is 11.8 Å². The van der Waals surface area contributed by atoms with E-state index in [9.17, 15) is 14.7 Å². The van der Waals surface area contributed by atoms with Gasteiger partial charge in [-0.3, -0.25) is 9.59 Å². The summed E-state index contributed by atoms with van der Waals surface area (Å²) in [6.07, 6.45) is 5.26. The van der Waals surface area contributed by atoms with E-state index < -0.39 is 5.60 Å². The van der Waals surface area contributed by atoms with Gasteiger partial charge in [-0.1, -0.05) is 57.4 Å². The summed E-state index contributed by atoms with van der Waals surface area (Å²) in [4.78, 5) is 25.2. The van der Waals surface area contributed by atoms with E-state index in [-0.39, 0.29) is 30.2 Å². The van der Waals surface area contributed by atoms with Crippen LogP contribution in [0.4, 0.5) is 0 Å². The highest BCUT2D eigenvalue weighted by Gasteiger charge is 2.32. The molecule has 30 heavy (non-hydrogen) atoms. The fourth-order valence-electron chi connectivity index (χ4n) is 4.36. The lowest BCUT2D eigenvalue weighted by atomic mass is 9.82. The number of hydrogen-bond donors (Lipinski definition) is 3. The average Bonchev–Trinajstić information content (AvgIpc) is 3.26. The fraction of sp³-hybridized carbons (Fsp3) is 0.667. The van der Waals surface area contributed by atoms with Gasteiger partial charge in [0.1, 0.15) is 0 Å². The zero-order valence-electron chi connectivity index (χ0n) is 18.3. The van der Waals surface area contributed by atoms with Gasteiger partial charge in [0.15, 0.2) is 0 Å². The molecule has 3 rings (SSSR count). The van der Waals surface area contributed by atoms with Crippen LogP contribution in [-0.2, 0) is 14.3 Å². The van der Waals surface area contributed by atoms with Gasteiger partial charge < -0.3 is 20.5 Å². The molecule has 1 aromatic rings. The van der Waals surface area contributed by atoms with Crippen molar-refractivity contribution in [2.75, 3.05) is 19.8 Å². The maximum atomic E-state index is 12.7. The lowest BCUT2D eigenvalue weighted by Crippen LogP contribution is -2.43. The Morgan fingerprint density at radius 3 is 2.40 bits per heavy atom. The third-order valence-electron chi connectivity index (χ3n) is 6.40. The molecule has 2 fully saturated rings. The molecule has 1 saturated carbocycles. The van der Waals surface area contributed by atoms with Gasteiger partial charge in [-0.15, -0.1) is 0 Å². The van der Waals surface area contributed by atoms with Gasteiger partial charge in [0.05, 0.1) is 30.6 Å². The Morgan fingerprint density at radius 2 is 1.80 bits per heavy atom. The first-order valence-electron chi connectivity index (χ1n) is 11.3. The van der Waals surface area contributed by atoms with Crippen LogP contribution in [0.3, 0.4) is 0 Å². The Balaban J connectivity index is 1.63. The van der Waals surface area contributed by atoms with Gasteiger partial charge in [0, 0.05) is 13.2 Å². The Morgan fingerprint density at radius 1 is 1.13 bits per heavy atom. The molecule has 1 aromatic carbocycles. The fourth-order valence-corrected chi connectivity index (χ4v) is 4.36. The van der Waals surface area contributed by atoms with Crippen LogP contribution in [0.1, 0.15) is 81.9 Å². The quantitative estimate of drug-likeness (QED) is 0.607. The monoisotopic (exact) mass is 416 g/mol. The molecule has 6 nitrogen and oxygen atoms in total. The summed E-state index contributed by atoms with van der Waals surface area (Å²) in [6, 6.07) is 7.87. The van der Waals surface area contributed by atoms with Crippen molar-refractivity contribution in [1.29, 1.82) is 0 Å². The number of ether oxygens (including phenoxy) is 1. The van der Waals surface area contributed by atoms with Crippen molar-refractivity contribution in [3.63, 3.8) is 0 Å². The second kappa shape index (κ2) is 10.4. The van der Waals surface area contributed by atoms with Crippen molar-refractivity contribution < 1.29 is 19.4 Å². The Kier molecular flexibility index (Phi) is 7.89. The van der Waals surface area contributed by atoms with Crippen LogP contribution in [0.25, 0.3) is 0 Å². The van der Waals surface area contributed by atoms with Crippen molar-refractivity contribution in [3.8, 4) is 0 Å². The van der Waals surface area contributed by atoms with E-state index in [1.165, 1.54) is 5.56 Å². The highest BCUT2D eigenvalue weighted by molar-refractivity contribution is 5.80. The lowest BCUT2D eigenvalue weighted by Gasteiger charge is -2.31. The number of benzene rings is 1. The van der Waals surface area contributed by atoms with Crippen LogP contribution >= 0.6 is 0 Å². The minimum absolute atomic E-state index is 0.0365. The number of rotatable bonds is 8. The number of amides is 2. The highest BCUT2D eigenvalue weighted by atomic mass is 16.5. The molecule has 166 valence electrons. The van der Waals surface area contributed by atoms with Crippen LogP contribution in [0.2, 0.25) is 0 Å². The predicted octanol–water partition coefficient (Wildman–Crippen LogP) is 3.21. The molecule has 1 aliphatic carbocycles. The van der Waals surface area contributed by atoms with E-state index in [0.717, 1.165) is 31.2 Å². The third-order valence-corrected chi connectivity index (χ3v) is 6.40. The number of carbonyl (C=O) groups is 2. The second-order valence-corrected chi connectivity index (χ2v) is 9.21. The third kappa shape index (κ3) is 6.29. The van der Waals surface area contributed by atoms with Crippen LogP contribution in [-0.4, -0.2) is 42.3 Å². The molecular formula is C24H36N2O4. The molecule has 1 heterocycles. The summed E-state index contributed by atoms with van der Waals surface area (Å²) in [6.45, 7) is 5.65. The molecule has 2 amide bonds. The molecule has 1 aliphatic heterocycles. The summed E-state index contributed by atoms with van der Waals surface area (Å²) in [7, 11) is 0. The van der Waals surface area contributed by atoms with Gasteiger partial charge >= 0.3 is 0 Å². The average molecular weight is 417 g/mol. The molecule has 1 saturated heterocycles. The normalized spacial score (nSPS) is 21.9. The van der Waals surface area contributed by atoms with Crippen molar-refractivity contribution in [3.05, 3.63) is 35.4 Å². The van der Waals surface area contributed by atoms with Gasteiger partial charge in [-0.25, -0.2) is 0 Å². The van der Waals surface area contributed by atoms with E-state index in [1.807, 2.05) is 12.1 Å². The van der Waals surface area contributed by atoms with Gasteiger partial charge in [-0.2, -0.15) is 0 Å².